The van der Waals surface area contributed by atoms with E-state index in [1.54, 1.807) is 23.6 Å². The van der Waals surface area contributed by atoms with Gasteiger partial charge in [-0.25, -0.2) is 9.97 Å². The Bertz CT molecular complexity index is 786. The molecule has 5 nitrogen and oxygen atoms in total. The second-order valence-corrected chi connectivity index (χ2v) is 6.65. The van der Waals surface area contributed by atoms with Crippen LogP contribution in [-0.2, 0) is 11.3 Å². The SMILES string of the molecule is O=C(O)CSc1nc2cc(Cl)cnc2n1Cc1cccs1. The number of pyridine rings is 1. The second-order valence-electron chi connectivity index (χ2n) is 4.24. The van der Waals surface area contributed by atoms with E-state index in [4.69, 9.17) is 16.7 Å². The average molecular weight is 340 g/mol. The lowest BCUT2D eigenvalue weighted by molar-refractivity contribution is -0.133. The third kappa shape index (κ3) is 3.20. The molecule has 1 N–H and O–H groups in total. The molecule has 0 bridgehead atoms. The smallest absolute Gasteiger partial charge is 0.313 e. The van der Waals surface area contributed by atoms with Gasteiger partial charge in [-0.15, -0.1) is 11.3 Å². The first-order valence-electron chi connectivity index (χ1n) is 6.02. The maximum atomic E-state index is 10.8. The Morgan fingerprint density at radius 1 is 1.52 bits per heavy atom. The van der Waals surface area contributed by atoms with Crippen LogP contribution in [0.4, 0.5) is 0 Å². The second kappa shape index (κ2) is 6.05. The molecule has 0 amide bonds. The Hall–Kier alpha value is -1.57. The van der Waals surface area contributed by atoms with E-state index < -0.39 is 5.97 Å². The first-order chi connectivity index (χ1) is 10.1. The maximum Gasteiger partial charge on any atom is 0.313 e. The number of aromatic nitrogens is 3. The minimum atomic E-state index is -0.874. The van der Waals surface area contributed by atoms with Crippen molar-refractivity contribution >= 4 is 51.8 Å². The molecule has 0 fully saturated rings. The minimum absolute atomic E-state index is 0.0402. The van der Waals surface area contributed by atoms with Gasteiger partial charge in [0.15, 0.2) is 10.8 Å². The number of aliphatic carboxylic acids is 1. The van der Waals surface area contributed by atoms with Crippen LogP contribution in [0.15, 0.2) is 34.9 Å². The van der Waals surface area contributed by atoms with Crippen molar-refractivity contribution in [3.8, 4) is 0 Å². The lowest BCUT2D eigenvalue weighted by Crippen LogP contribution is -2.04. The van der Waals surface area contributed by atoms with E-state index in [0.717, 1.165) is 4.88 Å². The number of rotatable bonds is 5. The fourth-order valence-corrected chi connectivity index (χ4v) is 3.47. The third-order valence-electron chi connectivity index (χ3n) is 2.74. The molecule has 108 valence electrons. The lowest BCUT2D eigenvalue weighted by Gasteiger charge is -2.05. The zero-order chi connectivity index (χ0) is 14.8. The number of imidazole rings is 1. The molecule has 0 atom stereocenters. The van der Waals surface area contributed by atoms with Gasteiger partial charge in [-0.1, -0.05) is 29.4 Å². The van der Waals surface area contributed by atoms with Crippen LogP contribution < -0.4 is 0 Å². The Morgan fingerprint density at radius 2 is 2.38 bits per heavy atom. The fraction of sp³-hybridized carbons (Fsp3) is 0.154. The van der Waals surface area contributed by atoms with Crippen molar-refractivity contribution < 1.29 is 9.90 Å². The normalized spacial score (nSPS) is 11.1. The number of fused-ring (bicyclic) bond motifs is 1. The monoisotopic (exact) mass is 339 g/mol. The molecule has 21 heavy (non-hydrogen) atoms. The van der Waals surface area contributed by atoms with Gasteiger partial charge in [0.2, 0.25) is 0 Å². The highest BCUT2D eigenvalue weighted by Crippen LogP contribution is 2.26. The van der Waals surface area contributed by atoms with E-state index >= 15 is 0 Å². The van der Waals surface area contributed by atoms with Gasteiger partial charge in [0.05, 0.1) is 17.3 Å². The number of nitrogens with zero attached hydrogens (tertiary/aromatic N) is 3. The molecule has 3 rings (SSSR count). The molecular weight excluding hydrogens is 330 g/mol. The largest absolute Gasteiger partial charge is 0.481 e. The number of hydrogen-bond acceptors (Lipinski definition) is 5. The highest BCUT2D eigenvalue weighted by molar-refractivity contribution is 7.99. The molecule has 3 aromatic rings. The van der Waals surface area contributed by atoms with Crippen molar-refractivity contribution in [2.45, 2.75) is 11.7 Å². The highest BCUT2D eigenvalue weighted by atomic mass is 35.5. The molecule has 3 aromatic heterocycles. The summed E-state index contributed by atoms with van der Waals surface area (Å²) in [5, 5.41) is 12.0. The van der Waals surface area contributed by atoms with Crippen molar-refractivity contribution in [3.63, 3.8) is 0 Å². The van der Waals surface area contributed by atoms with Crippen LogP contribution in [0.1, 0.15) is 4.88 Å². The molecule has 0 spiro atoms. The van der Waals surface area contributed by atoms with Crippen LogP contribution in [0.5, 0.6) is 0 Å². The molecule has 0 aliphatic carbocycles. The first kappa shape index (κ1) is 14.4. The Balaban J connectivity index is 2.03. The van der Waals surface area contributed by atoms with Gasteiger partial charge in [-0.3, -0.25) is 9.36 Å². The lowest BCUT2D eigenvalue weighted by atomic mass is 10.4. The Morgan fingerprint density at radius 3 is 3.10 bits per heavy atom. The molecule has 8 heteroatoms. The van der Waals surface area contributed by atoms with E-state index in [-0.39, 0.29) is 5.75 Å². The van der Waals surface area contributed by atoms with Crippen LogP contribution in [0.3, 0.4) is 0 Å². The number of halogens is 1. The quantitative estimate of drug-likeness (QED) is 0.722. The number of hydrogen-bond donors (Lipinski definition) is 1. The summed E-state index contributed by atoms with van der Waals surface area (Å²) < 4.78 is 1.92. The molecule has 0 radical (unpaired) electrons. The standard InChI is InChI=1S/C13H10ClN3O2S2/c14-8-4-10-12(15-5-8)17(6-9-2-1-3-20-9)13(16-10)21-7-11(18)19/h1-5H,6-7H2,(H,18,19). The topological polar surface area (TPSA) is 68.0 Å². The van der Waals surface area contributed by atoms with E-state index in [1.165, 1.54) is 11.8 Å². The molecular formula is C13H10ClN3O2S2. The number of carboxylic acid groups (broad SMARTS) is 1. The highest BCUT2D eigenvalue weighted by Gasteiger charge is 2.15. The summed E-state index contributed by atoms with van der Waals surface area (Å²) in [7, 11) is 0. The molecule has 0 unspecified atom stereocenters. The summed E-state index contributed by atoms with van der Waals surface area (Å²) in [5.41, 5.74) is 1.38. The van der Waals surface area contributed by atoms with Crippen molar-refractivity contribution in [2.24, 2.45) is 0 Å². The van der Waals surface area contributed by atoms with Crippen LogP contribution in [-0.4, -0.2) is 31.4 Å². The Kier molecular flexibility index (Phi) is 4.14. The number of thioether (sulfide) groups is 1. The van der Waals surface area contributed by atoms with E-state index in [0.29, 0.717) is 27.9 Å². The van der Waals surface area contributed by atoms with Crippen molar-refractivity contribution in [1.82, 2.24) is 14.5 Å². The molecule has 0 aliphatic rings. The Labute approximate surface area is 133 Å². The number of carboxylic acids is 1. The van der Waals surface area contributed by atoms with Gasteiger partial charge in [-0.05, 0) is 17.5 Å². The summed E-state index contributed by atoms with van der Waals surface area (Å²) in [6.45, 7) is 0.616. The van der Waals surface area contributed by atoms with E-state index in [2.05, 4.69) is 9.97 Å². The third-order valence-corrected chi connectivity index (χ3v) is 4.76. The summed E-state index contributed by atoms with van der Waals surface area (Å²) in [6.07, 6.45) is 1.57. The number of thiophene rings is 1. The maximum absolute atomic E-state index is 10.8. The van der Waals surface area contributed by atoms with Crippen molar-refractivity contribution in [1.29, 1.82) is 0 Å². The summed E-state index contributed by atoms with van der Waals surface area (Å²) in [4.78, 5) is 20.7. The minimum Gasteiger partial charge on any atom is -0.481 e. The van der Waals surface area contributed by atoms with Crippen LogP contribution in [0.25, 0.3) is 11.2 Å². The van der Waals surface area contributed by atoms with Gasteiger partial charge >= 0.3 is 5.97 Å². The fourth-order valence-electron chi connectivity index (χ4n) is 1.90. The van der Waals surface area contributed by atoms with Gasteiger partial charge in [0.1, 0.15) is 5.52 Å². The first-order valence-corrected chi connectivity index (χ1v) is 8.26. The van der Waals surface area contributed by atoms with Gasteiger partial charge < -0.3 is 5.11 Å². The molecule has 0 saturated heterocycles. The van der Waals surface area contributed by atoms with E-state index in [9.17, 15) is 4.79 Å². The zero-order valence-corrected chi connectivity index (χ0v) is 13.1. The van der Waals surface area contributed by atoms with Gasteiger partial charge in [0, 0.05) is 11.1 Å². The van der Waals surface area contributed by atoms with Gasteiger partial charge in [-0.2, -0.15) is 0 Å². The zero-order valence-electron chi connectivity index (χ0n) is 10.7. The number of carbonyl (C=O) groups is 1. The predicted octanol–water partition coefficient (Wildman–Crippen LogP) is 3.37. The van der Waals surface area contributed by atoms with E-state index in [1.807, 2.05) is 22.1 Å². The molecule has 3 heterocycles. The van der Waals surface area contributed by atoms with Crippen molar-refractivity contribution in [2.75, 3.05) is 5.75 Å². The summed E-state index contributed by atoms with van der Waals surface area (Å²) >= 11 is 8.76. The predicted molar refractivity (Wildman–Crippen MR) is 84.3 cm³/mol. The average Bonchev–Trinajstić information content (AvgIpc) is 3.05. The van der Waals surface area contributed by atoms with Crippen molar-refractivity contribution in [3.05, 3.63) is 39.7 Å². The van der Waals surface area contributed by atoms with Crippen LogP contribution in [0, 0.1) is 0 Å². The molecule has 0 aliphatic heterocycles. The van der Waals surface area contributed by atoms with Crippen LogP contribution >= 0.6 is 34.7 Å². The van der Waals surface area contributed by atoms with Crippen LogP contribution in [0.2, 0.25) is 5.02 Å². The molecule has 0 saturated carbocycles. The summed E-state index contributed by atoms with van der Waals surface area (Å²) in [5.74, 6) is -0.915. The summed E-state index contributed by atoms with van der Waals surface area (Å²) in [6, 6.07) is 5.74. The molecule has 0 aromatic carbocycles. The van der Waals surface area contributed by atoms with Gasteiger partial charge in [0.25, 0.3) is 0 Å².